The number of benzene rings is 1. The van der Waals surface area contributed by atoms with E-state index in [-0.39, 0.29) is 11.9 Å². The molecular formula is C16H21FN2O4. The van der Waals surface area contributed by atoms with Crippen LogP contribution in [-0.2, 0) is 9.57 Å². The molecule has 126 valence electrons. The molecule has 7 heteroatoms. The molecule has 1 fully saturated rings. The highest BCUT2D eigenvalue weighted by molar-refractivity contribution is 5.65. The number of hydrogen-bond donors (Lipinski definition) is 2. The van der Waals surface area contributed by atoms with Gasteiger partial charge in [-0.25, -0.2) is 9.18 Å². The molecule has 1 saturated heterocycles. The van der Waals surface area contributed by atoms with E-state index in [0.29, 0.717) is 44.8 Å². The molecular weight excluding hydrogens is 303 g/mol. The largest absolute Gasteiger partial charge is 0.465 e. The number of rotatable bonds is 7. The number of hydrogen-bond acceptors (Lipinski definition) is 4. The van der Waals surface area contributed by atoms with Crippen LogP contribution in [0, 0.1) is 5.82 Å². The van der Waals surface area contributed by atoms with E-state index in [0.717, 1.165) is 5.56 Å². The Morgan fingerprint density at radius 3 is 2.57 bits per heavy atom. The van der Waals surface area contributed by atoms with Gasteiger partial charge in [0, 0.05) is 13.1 Å². The lowest BCUT2D eigenvalue weighted by Gasteiger charge is -2.29. The van der Waals surface area contributed by atoms with Crippen LogP contribution in [0.2, 0.25) is 0 Å². The van der Waals surface area contributed by atoms with Crippen LogP contribution in [0.5, 0.6) is 0 Å². The Labute approximate surface area is 134 Å². The lowest BCUT2D eigenvalue weighted by Crippen LogP contribution is -2.40. The maximum Gasteiger partial charge on any atom is 0.407 e. The minimum absolute atomic E-state index is 0.0644. The third-order valence-electron chi connectivity index (χ3n) is 3.64. The molecule has 1 amide bonds. The third-order valence-corrected chi connectivity index (χ3v) is 3.64. The van der Waals surface area contributed by atoms with E-state index < -0.39 is 6.09 Å². The van der Waals surface area contributed by atoms with Crippen molar-refractivity contribution in [3.63, 3.8) is 0 Å². The highest BCUT2D eigenvalue weighted by atomic mass is 19.1. The number of carbonyl (C=O) groups is 1. The van der Waals surface area contributed by atoms with E-state index in [2.05, 4.69) is 12.1 Å². The summed E-state index contributed by atoms with van der Waals surface area (Å²) >= 11 is 0. The first-order valence-electron chi connectivity index (χ1n) is 7.48. The average Bonchev–Trinajstić information content (AvgIpc) is 2.55. The Kier molecular flexibility index (Phi) is 6.37. The predicted octanol–water partition coefficient (Wildman–Crippen LogP) is 2.48. The SMILES string of the molecule is C=C(NOCCOC1CCN(C(=O)O)CC1)c1ccc(F)cc1. The topological polar surface area (TPSA) is 71.0 Å². The van der Waals surface area contributed by atoms with E-state index >= 15 is 0 Å². The number of nitrogens with zero attached hydrogens (tertiary/aromatic N) is 1. The molecule has 6 nitrogen and oxygen atoms in total. The van der Waals surface area contributed by atoms with Crippen molar-refractivity contribution in [1.82, 2.24) is 10.4 Å². The fraction of sp³-hybridized carbons (Fsp3) is 0.438. The summed E-state index contributed by atoms with van der Waals surface area (Å²) in [6.07, 6.45) is 0.578. The number of halogens is 1. The van der Waals surface area contributed by atoms with E-state index in [4.69, 9.17) is 14.7 Å². The molecule has 0 radical (unpaired) electrons. The first kappa shape index (κ1) is 17.2. The second-order valence-electron chi connectivity index (χ2n) is 5.28. The Bertz CT molecular complexity index is 527. The van der Waals surface area contributed by atoms with Crippen molar-refractivity contribution >= 4 is 11.8 Å². The maximum absolute atomic E-state index is 12.8. The number of hydroxylamine groups is 1. The first-order valence-corrected chi connectivity index (χ1v) is 7.48. The van der Waals surface area contributed by atoms with Crippen LogP contribution >= 0.6 is 0 Å². The van der Waals surface area contributed by atoms with Gasteiger partial charge in [-0.1, -0.05) is 6.58 Å². The van der Waals surface area contributed by atoms with Gasteiger partial charge in [0.1, 0.15) is 5.82 Å². The predicted molar refractivity (Wildman–Crippen MR) is 83.1 cm³/mol. The Morgan fingerprint density at radius 2 is 1.96 bits per heavy atom. The van der Waals surface area contributed by atoms with Gasteiger partial charge in [-0.15, -0.1) is 0 Å². The number of likely N-dealkylation sites (tertiary alicyclic amines) is 1. The van der Waals surface area contributed by atoms with Gasteiger partial charge in [-0.05, 0) is 42.7 Å². The molecule has 0 aliphatic carbocycles. The summed E-state index contributed by atoms with van der Waals surface area (Å²) < 4.78 is 18.5. The molecule has 0 atom stereocenters. The fourth-order valence-electron chi connectivity index (χ4n) is 2.32. The van der Waals surface area contributed by atoms with E-state index in [1.807, 2.05) is 0 Å². The van der Waals surface area contributed by atoms with Gasteiger partial charge in [0.25, 0.3) is 0 Å². The summed E-state index contributed by atoms with van der Waals surface area (Å²) in [4.78, 5) is 17.4. The summed E-state index contributed by atoms with van der Waals surface area (Å²) in [6.45, 7) is 5.54. The molecule has 1 aliphatic heterocycles. The molecule has 0 aromatic heterocycles. The molecule has 2 N–H and O–H groups in total. The zero-order chi connectivity index (χ0) is 16.7. The molecule has 0 bridgehead atoms. The van der Waals surface area contributed by atoms with Crippen LogP contribution in [0.3, 0.4) is 0 Å². The number of carboxylic acid groups (broad SMARTS) is 1. The fourth-order valence-corrected chi connectivity index (χ4v) is 2.32. The lowest BCUT2D eigenvalue weighted by atomic mass is 10.1. The molecule has 1 aromatic rings. The monoisotopic (exact) mass is 324 g/mol. The average molecular weight is 324 g/mol. The maximum atomic E-state index is 12.8. The summed E-state index contributed by atoms with van der Waals surface area (Å²) in [6, 6.07) is 5.94. The van der Waals surface area contributed by atoms with Crippen molar-refractivity contribution in [3.8, 4) is 0 Å². The summed E-state index contributed by atoms with van der Waals surface area (Å²) in [5, 5.41) is 8.86. The van der Waals surface area contributed by atoms with E-state index in [1.165, 1.54) is 17.0 Å². The number of piperidine rings is 1. The van der Waals surface area contributed by atoms with Crippen LogP contribution in [0.4, 0.5) is 9.18 Å². The molecule has 1 aromatic carbocycles. The minimum Gasteiger partial charge on any atom is -0.465 e. The van der Waals surface area contributed by atoms with Gasteiger partial charge in [0.15, 0.2) is 0 Å². The minimum atomic E-state index is -0.879. The van der Waals surface area contributed by atoms with Crippen LogP contribution in [0.25, 0.3) is 5.70 Å². The van der Waals surface area contributed by atoms with Crippen molar-refractivity contribution in [2.75, 3.05) is 26.3 Å². The summed E-state index contributed by atoms with van der Waals surface area (Å²) in [7, 11) is 0. The van der Waals surface area contributed by atoms with Crippen LogP contribution in [0.1, 0.15) is 18.4 Å². The Balaban J connectivity index is 1.57. The van der Waals surface area contributed by atoms with Crippen molar-refractivity contribution in [3.05, 3.63) is 42.2 Å². The molecule has 0 saturated carbocycles. The number of nitrogens with one attached hydrogen (secondary N) is 1. The quantitative estimate of drug-likeness (QED) is 0.595. The first-order chi connectivity index (χ1) is 11.1. The van der Waals surface area contributed by atoms with Gasteiger partial charge in [-0.2, -0.15) is 0 Å². The van der Waals surface area contributed by atoms with Crippen molar-refractivity contribution in [1.29, 1.82) is 0 Å². The van der Waals surface area contributed by atoms with E-state index in [1.54, 1.807) is 12.1 Å². The standard InChI is InChI=1S/C16H21FN2O4/c1-12(13-2-4-14(17)5-3-13)18-23-11-10-22-15-6-8-19(9-7-15)16(20)21/h2-5,15,18H,1,6-11H2,(H,20,21). The van der Waals surface area contributed by atoms with Crippen molar-refractivity contribution in [2.24, 2.45) is 0 Å². The zero-order valence-electron chi connectivity index (χ0n) is 12.8. The van der Waals surface area contributed by atoms with Crippen molar-refractivity contribution in [2.45, 2.75) is 18.9 Å². The van der Waals surface area contributed by atoms with E-state index in [9.17, 15) is 9.18 Å². The molecule has 2 rings (SSSR count). The molecule has 0 unspecified atom stereocenters. The Hall–Kier alpha value is -2.12. The highest BCUT2D eigenvalue weighted by Crippen LogP contribution is 2.14. The molecule has 1 heterocycles. The van der Waals surface area contributed by atoms with Gasteiger partial charge < -0.3 is 14.7 Å². The summed E-state index contributed by atoms with van der Waals surface area (Å²) in [5.74, 6) is -0.301. The Morgan fingerprint density at radius 1 is 1.30 bits per heavy atom. The van der Waals surface area contributed by atoms with Crippen LogP contribution in [-0.4, -0.2) is 48.5 Å². The van der Waals surface area contributed by atoms with Gasteiger partial charge in [-0.3, -0.25) is 10.3 Å². The van der Waals surface area contributed by atoms with Crippen LogP contribution < -0.4 is 5.48 Å². The second kappa shape index (κ2) is 8.50. The van der Waals surface area contributed by atoms with Crippen molar-refractivity contribution < 1.29 is 23.9 Å². The van der Waals surface area contributed by atoms with Crippen LogP contribution in [0.15, 0.2) is 30.8 Å². The lowest BCUT2D eigenvalue weighted by molar-refractivity contribution is -0.0328. The van der Waals surface area contributed by atoms with Gasteiger partial charge >= 0.3 is 6.09 Å². The number of ether oxygens (including phenoxy) is 1. The molecule has 0 spiro atoms. The van der Waals surface area contributed by atoms with Gasteiger partial charge in [0.2, 0.25) is 0 Å². The molecule has 23 heavy (non-hydrogen) atoms. The third kappa shape index (κ3) is 5.54. The summed E-state index contributed by atoms with van der Waals surface area (Å²) in [5.41, 5.74) is 3.98. The number of amides is 1. The normalized spacial score (nSPS) is 15.4. The molecule has 1 aliphatic rings. The second-order valence-corrected chi connectivity index (χ2v) is 5.28. The van der Waals surface area contributed by atoms with Gasteiger partial charge in [0.05, 0.1) is 25.0 Å². The zero-order valence-corrected chi connectivity index (χ0v) is 12.8. The smallest absolute Gasteiger partial charge is 0.407 e. The highest BCUT2D eigenvalue weighted by Gasteiger charge is 2.22.